The van der Waals surface area contributed by atoms with Gasteiger partial charge in [-0.05, 0) is 54.2 Å². The first-order valence-electron chi connectivity index (χ1n) is 8.04. The monoisotopic (exact) mass is 322 g/mol. The molecule has 0 heterocycles. The van der Waals surface area contributed by atoms with Crippen molar-refractivity contribution >= 4 is 12.0 Å². The summed E-state index contributed by atoms with van der Waals surface area (Å²) in [5.74, 6) is -0.0717. The van der Waals surface area contributed by atoms with E-state index in [1.807, 2.05) is 54.6 Å². The number of hydrogen-bond donors (Lipinski definition) is 1. The number of allylic oxidation sites excluding steroid dienone is 1. The summed E-state index contributed by atoms with van der Waals surface area (Å²) in [6, 6.07) is 15.8. The number of rotatable bonds is 9. The third-order valence-corrected chi connectivity index (χ3v) is 3.59. The molecule has 0 unspecified atom stereocenters. The Hall–Kier alpha value is -2.81. The van der Waals surface area contributed by atoms with Crippen LogP contribution in [0, 0.1) is 0 Å². The zero-order chi connectivity index (χ0) is 17.2. The van der Waals surface area contributed by atoms with Crippen molar-refractivity contribution in [3.8, 4) is 16.9 Å². The molecule has 0 bridgehead atoms. The average Bonchev–Trinajstić information content (AvgIpc) is 2.61. The highest BCUT2D eigenvalue weighted by atomic mass is 16.5. The molecule has 2 rings (SSSR count). The molecule has 0 aromatic heterocycles. The fourth-order valence-corrected chi connectivity index (χ4v) is 2.28. The number of unbranched alkanes of at least 4 members (excludes halogenated alkanes) is 2. The molecule has 0 spiro atoms. The molecule has 0 aliphatic heterocycles. The zero-order valence-corrected chi connectivity index (χ0v) is 13.7. The van der Waals surface area contributed by atoms with Crippen LogP contribution >= 0.6 is 0 Å². The van der Waals surface area contributed by atoms with Crippen molar-refractivity contribution in [1.29, 1.82) is 0 Å². The third kappa shape index (κ3) is 5.76. The maximum atomic E-state index is 10.5. The Morgan fingerprint density at radius 1 is 1.00 bits per heavy atom. The van der Waals surface area contributed by atoms with Gasteiger partial charge in [0.1, 0.15) is 5.75 Å². The molecule has 0 fully saturated rings. The highest BCUT2D eigenvalue weighted by molar-refractivity contribution is 5.85. The van der Waals surface area contributed by atoms with Gasteiger partial charge in [0, 0.05) is 6.08 Å². The number of aliphatic carboxylic acids is 1. The van der Waals surface area contributed by atoms with E-state index in [1.54, 1.807) is 6.08 Å². The molecule has 2 aromatic carbocycles. The molecular weight excluding hydrogens is 300 g/mol. The normalized spacial score (nSPS) is 10.7. The Bertz CT molecular complexity index is 682. The van der Waals surface area contributed by atoms with E-state index >= 15 is 0 Å². The van der Waals surface area contributed by atoms with Gasteiger partial charge in [-0.25, -0.2) is 4.79 Å². The largest absolute Gasteiger partial charge is 0.494 e. The SMILES string of the molecule is C=CCCCCOc1ccc(-c2ccc(/C=C/C(=O)O)cc2)cc1. The summed E-state index contributed by atoms with van der Waals surface area (Å²) in [6.45, 7) is 4.43. The van der Waals surface area contributed by atoms with Gasteiger partial charge in [-0.3, -0.25) is 0 Å². The molecule has 2 aromatic rings. The lowest BCUT2D eigenvalue weighted by Gasteiger charge is -2.07. The summed E-state index contributed by atoms with van der Waals surface area (Å²) >= 11 is 0. The van der Waals surface area contributed by atoms with Crippen molar-refractivity contribution in [1.82, 2.24) is 0 Å². The lowest BCUT2D eigenvalue weighted by molar-refractivity contribution is -0.131. The van der Waals surface area contributed by atoms with E-state index in [9.17, 15) is 4.79 Å². The van der Waals surface area contributed by atoms with Crippen molar-refractivity contribution in [2.24, 2.45) is 0 Å². The number of benzene rings is 2. The second kappa shape index (κ2) is 9.36. The quantitative estimate of drug-likeness (QED) is 0.393. The van der Waals surface area contributed by atoms with E-state index in [2.05, 4.69) is 6.58 Å². The van der Waals surface area contributed by atoms with Gasteiger partial charge in [0.15, 0.2) is 0 Å². The maximum Gasteiger partial charge on any atom is 0.328 e. The maximum absolute atomic E-state index is 10.5. The van der Waals surface area contributed by atoms with Crippen molar-refractivity contribution in [3.63, 3.8) is 0 Å². The fourth-order valence-electron chi connectivity index (χ4n) is 2.28. The molecule has 0 aliphatic rings. The molecule has 124 valence electrons. The van der Waals surface area contributed by atoms with Crippen LogP contribution in [0.25, 0.3) is 17.2 Å². The van der Waals surface area contributed by atoms with Crippen LogP contribution in [-0.2, 0) is 4.79 Å². The van der Waals surface area contributed by atoms with Gasteiger partial charge >= 0.3 is 5.97 Å². The second-order valence-electron chi connectivity index (χ2n) is 5.45. The Balaban J connectivity index is 1.92. The fraction of sp³-hybridized carbons (Fsp3) is 0.190. The summed E-state index contributed by atoms with van der Waals surface area (Å²) < 4.78 is 5.72. The average molecular weight is 322 g/mol. The van der Waals surface area contributed by atoms with E-state index in [0.717, 1.165) is 54.4 Å². The number of carboxylic acids is 1. The number of carbonyl (C=O) groups is 1. The van der Waals surface area contributed by atoms with E-state index in [4.69, 9.17) is 9.84 Å². The van der Waals surface area contributed by atoms with Crippen molar-refractivity contribution in [2.45, 2.75) is 19.3 Å². The van der Waals surface area contributed by atoms with Crippen LogP contribution in [0.4, 0.5) is 0 Å². The number of ether oxygens (including phenoxy) is 1. The molecule has 3 nitrogen and oxygen atoms in total. The summed E-state index contributed by atoms with van der Waals surface area (Å²) in [6.07, 6.45) is 7.80. The van der Waals surface area contributed by atoms with E-state index < -0.39 is 5.97 Å². The van der Waals surface area contributed by atoms with Crippen LogP contribution in [0.2, 0.25) is 0 Å². The van der Waals surface area contributed by atoms with Crippen LogP contribution < -0.4 is 4.74 Å². The highest BCUT2D eigenvalue weighted by Gasteiger charge is 1.99. The van der Waals surface area contributed by atoms with Gasteiger partial charge in [-0.15, -0.1) is 6.58 Å². The molecule has 0 saturated heterocycles. The number of carboxylic acid groups (broad SMARTS) is 1. The number of hydrogen-bond acceptors (Lipinski definition) is 2. The third-order valence-electron chi connectivity index (χ3n) is 3.59. The summed E-state index contributed by atoms with van der Waals surface area (Å²) in [4.78, 5) is 10.5. The molecular formula is C21H22O3. The standard InChI is InChI=1S/C21H22O3/c1-2-3-4-5-16-24-20-13-11-19(12-14-20)18-9-6-17(7-10-18)8-15-21(22)23/h2,6-15H,1,3-5,16H2,(H,22,23)/b15-8+. The molecule has 24 heavy (non-hydrogen) atoms. The van der Waals surface area contributed by atoms with Gasteiger partial charge < -0.3 is 9.84 Å². The first-order chi connectivity index (χ1) is 11.7. The van der Waals surface area contributed by atoms with E-state index in [0.29, 0.717) is 0 Å². The van der Waals surface area contributed by atoms with E-state index in [1.165, 1.54) is 0 Å². The second-order valence-corrected chi connectivity index (χ2v) is 5.45. The molecule has 0 atom stereocenters. The van der Waals surface area contributed by atoms with Crippen molar-refractivity contribution in [3.05, 3.63) is 72.8 Å². The van der Waals surface area contributed by atoms with Gasteiger partial charge in [0.2, 0.25) is 0 Å². The summed E-state index contributed by atoms with van der Waals surface area (Å²) in [5, 5.41) is 8.63. The van der Waals surface area contributed by atoms with Crippen molar-refractivity contribution < 1.29 is 14.6 Å². The lowest BCUT2D eigenvalue weighted by Crippen LogP contribution is -1.96. The smallest absolute Gasteiger partial charge is 0.328 e. The Morgan fingerprint density at radius 2 is 1.62 bits per heavy atom. The first-order valence-corrected chi connectivity index (χ1v) is 8.04. The van der Waals surface area contributed by atoms with Gasteiger partial charge in [-0.1, -0.05) is 42.5 Å². The topological polar surface area (TPSA) is 46.5 Å². The van der Waals surface area contributed by atoms with Crippen LogP contribution in [0.1, 0.15) is 24.8 Å². The Morgan fingerprint density at radius 3 is 2.21 bits per heavy atom. The zero-order valence-electron chi connectivity index (χ0n) is 13.7. The minimum atomic E-state index is -0.945. The van der Waals surface area contributed by atoms with Crippen LogP contribution in [0.5, 0.6) is 5.75 Å². The van der Waals surface area contributed by atoms with Gasteiger partial charge in [-0.2, -0.15) is 0 Å². The van der Waals surface area contributed by atoms with Crippen molar-refractivity contribution in [2.75, 3.05) is 6.61 Å². The highest BCUT2D eigenvalue weighted by Crippen LogP contribution is 2.23. The van der Waals surface area contributed by atoms with Crippen LogP contribution in [-0.4, -0.2) is 17.7 Å². The minimum Gasteiger partial charge on any atom is -0.494 e. The Kier molecular flexibility index (Phi) is 6.84. The minimum absolute atomic E-state index is 0.720. The first kappa shape index (κ1) is 17.5. The predicted molar refractivity (Wildman–Crippen MR) is 98.1 cm³/mol. The van der Waals surface area contributed by atoms with Gasteiger partial charge in [0.25, 0.3) is 0 Å². The molecule has 0 amide bonds. The molecule has 0 saturated carbocycles. The van der Waals surface area contributed by atoms with Crippen LogP contribution in [0.3, 0.4) is 0 Å². The van der Waals surface area contributed by atoms with E-state index in [-0.39, 0.29) is 0 Å². The predicted octanol–water partition coefficient (Wildman–Crippen LogP) is 5.19. The Labute approximate surface area is 142 Å². The summed E-state index contributed by atoms with van der Waals surface area (Å²) in [7, 11) is 0. The van der Waals surface area contributed by atoms with Crippen LogP contribution in [0.15, 0.2) is 67.3 Å². The molecule has 1 N–H and O–H groups in total. The lowest BCUT2D eigenvalue weighted by atomic mass is 10.0. The van der Waals surface area contributed by atoms with Gasteiger partial charge in [0.05, 0.1) is 6.61 Å². The summed E-state index contributed by atoms with van der Waals surface area (Å²) in [5.41, 5.74) is 3.04. The molecule has 0 radical (unpaired) electrons. The molecule has 3 heteroatoms. The molecule has 0 aliphatic carbocycles.